The minimum Gasteiger partial charge on any atom is -0.241 e. The number of hydrogen-bond donors (Lipinski definition) is 3. The van der Waals surface area contributed by atoms with E-state index in [-0.39, 0.29) is 5.41 Å². The zero-order valence-electron chi connectivity index (χ0n) is 15.0. The number of benzene rings is 2. The van der Waals surface area contributed by atoms with E-state index in [1.54, 1.807) is 14.7 Å². The van der Waals surface area contributed by atoms with Crippen LogP contribution in [0.2, 0.25) is 0 Å². The monoisotopic (exact) mass is 348 g/mol. The molecule has 4 bridgehead atoms. The molecule has 2 aromatic carbocycles. The van der Waals surface area contributed by atoms with Crippen LogP contribution in [0.3, 0.4) is 0 Å². The molecular formula is C21H26N5+3. The molecular weight excluding hydrogens is 322 g/mol. The van der Waals surface area contributed by atoms with Crippen molar-refractivity contribution in [1.82, 2.24) is 0 Å². The Balaban J connectivity index is 1.53. The minimum atomic E-state index is 0.143. The largest absolute Gasteiger partial charge is 0.241 e. The first-order valence-electron chi connectivity index (χ1n) is 9.53. The first-order chi connectivity index (χ1) is 12.8. The summed E-state index contributed by atoms with van der Waals surface area (Å²) in [5.74, 6) is 0. The Hall–Kier alpha value is -2.34. The van der Waals surface area contributed by atoms with Gasteiger partial charge in [-0.3, -0.25) is 0 Å². The Kier molecular flexibility index (Phi) is 3.93. The molecule has 26 heavy (non-hydrogen) atoms. The molecule has 0 atom stereocenters. The topological polar surface area (TPSA) is 38.0 Å². The molecule has 2 aromatic rings. The van der Waals surface area contributed by atoms with Gasteiger partial charge in [0.05, 0.1) is 11.9 Å². The number of rotatable bonds is 4. The Labute approximate surface area is 154 Å². The number of hydrogen-bond acceptors (Lipinski definition) is 2. The summed E-state index contributed by atoms with van der Waals surface area (Å²) in [7, 11) is 0. The Morgan fingerprint density at radius 3 is 1.88 bits per heavy atom. The molecule has 4 aliphatic rings. The van der Waals surface area contributed by atoms with Crippen LogP contribution in [0, 0.1) is 5.41 Å². The van der Waals surface area contributed by atoms with E-state index in [4.69, 9.17) is 5.10 Å². The molecule has 0 amide bonds. The van der Waals surface area contributed by atoms with Gasteiger partial charge in [0.2, 0.25) is 20.0 Å². The Morgan fingerprint density at radius 2 is 1.31 bits per heavy atom. The van der Waals surface area contributed by atoms with Crippen molar-refractivity contribution in [1.29, 1.82) is 0 Å². The van der Waals surface area contributed by atoms with E-state index in [9.17, 15) is 0 Å². The molecule has 4 aliphatic heterocycles. The number of nitrogens with one attached hydrogen (secondary N) is 3. The van der Waals surface area contributed by atoms with Crippen LogP contribution < -0.4 is 14.7 Å². The van der Waals surface area contributed by atoms with Crippen molar-refractivity contribution in [2.24, 2.45) is 15.6 Å². The summed E-state index contributed by atoms with van der Waals surface area (Å²) in [5.41, 5.74) is 3.63. The van der Waals surface area contributed by atoms with Crippen molar-refractivity contribution in [3.63, 3.8) is 0 Å². The number of nitrogens with zero attached hydrogens (tertiary/aromatic N) is 2. The maximum absolute atomic E-state index is 4.83. The predicted molar refractivity (Wildman–Crippen MR) is 102 cm³/mol. The van der Waals surface area contributed by atoms with E-state index in [1.165, 1.54) is 50.9 Å². The summed E-state index contributed by atoms with van der Waals surface area (Å²) in [5, 5.41) is 9.34. The highest BCUT2D eigenvalue weighted by molar-refractivity contribution is 6.05. The molecule has 4 heterocycles. The maximum Gasteiger partial charge on any atom is 0.213 e. The van der Waals surface area contributed by atoms with Crippen LogP contribution in [0.1, 0.15) is 11.1 Å². The van der Waals surface area contributed by atoms with Crippen LogP contribution in [-0.4, -0.2) is 51.6 Å². The highest BCUT2D eigenvalue weighted by Gasteiger charge is 2.60. The van der Waals surface area contributed by atoms with Crippen LogP contribution in [0.25, 0.3) is 0 Å². The van der Waals surface area contributed by atoms with Crippen LogP contribution in [0.15, 0.2) is 70.9 Å². The highest BCUT2D eigenvalue weighted by Crippen LogP contribution is 2.23. The molecule has 132 valence electrons. The quantitative estimate of drug-likeness (QED) is 0.425. The molecule has 0 spiro atoms. The Morgan fingerprint density at radius 1 is 0.769 bits per heavy atom. The molecule has 0 unspecified atom stereocenters. The van der Waals surface area contributed by atoms with Gasteiger partial charge in [-0.1, -0.05) is 60.7 Å². The molecule has 0 radical (unpaired) electrons. The van der Waals surface area contributed by atoms with Crippen molar-refractivity contribution in [2.45, 2.75) is 0 Å². The molecule has 0 saturated carbocycles. The van der Waals surface area contributed by atoms with Crippen molar-refractivity contribution in [2.75, 3.05) is 39.6 Å². The van der Waals surface area contributed by atoms with Gasteiger partial charge >= 0.3 is 0 Å². The zero-order chi connectivity index (χ0) is 17.4. The van der Waals surface area contributed by atoms with Crippen molar-refractivity contribution < 1.29 is 14.7 Å². The average molecular weight is 348 g/mol. The lowest BCUT2D eigenvalue weighted by Crippen LogP contribution is -3.56. The molecule has 4 fully saturated rings. The molecule has 0 aliphatic carbocycles. The van der Waals surface area contributed by atoms with Gasteiger partial charge in [0.15, 0.2) is 5.41 Å². The second-order valence-electron chi connectivity index (χ2n) is 8.06. The Bertz CT molecular complexity index is 793. The lowest BCUT2D eigenvalue weighted by molar-refractivity contribution is -1.30. The van der Waals surface area contributed by atoms with E-state index in [1.807, 2.05) is 24.4 Å². The summed E-state index contributed by atoms with van der Waals surface area (Å²) in [6.07, 6.45) is 1.87. The molecule has 5 heteroatoms. The molecule has 0 aromatic heterocycles. The van der Waals surface area contributed by atoms with Crippen molar-refractivity contribution in [3.05, 3.63) is 71.8 Å². The maximum atomic E-state index is 4.83. The standard InChI is InChI=1S/C21H23N5/c1-3-7-18(8-4-1)11-22-23-20(19-9-5-2-6-10-19)21-12-24-15-25(13-21)17-26(14-21)16-24/h1-11H,12-17H2/p+3/b22-11-,23-20-. The van der Waals surface area contributed by atoms with Gasteiger partial charge in [-0.15, -0.1) is 0 Å². The van der Waals surface area contributed by atoms with Crippen molar-refractivity contribution in [3.8, 4) is 0 Å². The SMILES string of the molecule is C(=N/N=C(/c1ccccc1)C12C[NH+]3C[NH+](C[NH+](C3)C1)C2)/c1ccccc1. The van der Waals surface area contributed by atoms with E-state index >= 15 is 0 Å². The zero-order valence-corrected chi connectivity index (χ0v) is 15.0. The summed E-state index contributed by atoms with van der Waals surface area (Å²) in [6, 6.07) is 20.9. The average Bonchev–Trinajstić information content (AvgIpc) is 2.65. The second-order valence-corrected chi connectivity index (χ2v) is 8.06. The fraction of sp³-hybridized carbons (Fsp3) is 0.333. The van der Waals surface area contributed by atoms with E-state index in [2.05, 4.69) is 47.6 Å². The summed E-state index contributed by atoms with van der Waals surface area (Å²) in [4.78, 5) is 5.15. The first-order valence-corrected chi connectivity index (χ1v) is 9.53. The minimum absolute atomic E-state index is 0.143. The third-order valence-corrected chi connectivity index (χ3v) is 5.98. The van der Waals surface area contributed by atoms with Gasteiger partial charge in [-0.05, 0) is 11.1 Å². The van der Waals surface area contributed by atoms with E-state index in [0.29, 0.717) is 0 Å². The molecule has 3 N–H and O–H groups in total. The van der Waals surface area contributed by atoms with E-state index in [0.717, 1.165) is 5.56 Å². The van der Waals surface area contributed by atoms with Crippen LogP contribution in [-0.2, 0) is 0 Å². The summed E-state index contributed by atoms with van der Waals surface area (Å²) >= 11 is 0. The van der Waals surface area contributed by atoms with Gasteiger partial charge in [0.1, 0.15) is 19.6 Å². The van der Waals surface area contributed by atoms with Gasteiger partial charge in [0.25, 0.3) is 0 Å². The first kappa shape index (κ1) is 15.9. The highest BCUT2D eigenvalue weighted by atomic mass is 15.5. The van der Waals surface area contributed by atoms with Gasteiger partial charge in [-0.2, -0.15) is 10.2 Å². The summed E-state index contributed by atoms with van der Waals surface area (Å²) in [6.45, 7) is 7.36. The van der Waals surface area contributed by atoms with Gasteiger partial charge in [0, 0.05) is 0 Å². The third-order valence-electron chi connectivity index (χ3n) is 5.98. The lowest BCUT2D eigenvalue weighted by atomic mass is 9.74. The fourth-order valence-electron chi connectivity index (χ4n) is 5.26. The summed E-state index contributed by atoms with van der Waals surface area (Å²) < 4.78 is 0. The lowest BCUT2D eigenvalue weighted by Gasteiger charge is -2.52. The van der Waals surface area contributed by atoms with Gasteiger partial charge < -0.3 is 0 Å². The third kappa shape index (κ3) is 2.88. The number of quaternary nitrogens is 3. The second kappa shape index (κ2) is 6.43. The van der Waals surface area contributed by atoms with Gasteiger partial charge in [-0.25, -0.2) is 14.7 Å². The van der Waals surface area contributed by atoms with Crippen LogP contribution in [0.5, 0.6) is 0 Å². The fourth-order valence-corrected chi connectivity index (χ4v) is 5.26. The molecule has 4 saturated heterocycles. The predicted octanol–water partition coefficient (Wildman–Crippen LogP) is -1.94. The van der Waals surface area contributed by atoms with E-state index < -0.39 is 0 Å². The van der Waals surface area contributed by atoms with Crippen LogP contribution in [0.4, 0.5) is 0 Å². The normalized spacial score (nSPS) is 33.1. The molecule has 5 nitrogen and oxygen atoms in total. The van der Waals surface area contributed by atoms with Crippen LogP contribution >= 0.6 is 0 Å². The molecule has 6 rings (SSSR count). The smallest absolute Gasteiger partial charge is 0.213 e. The van der Waals surface area contributed by atoms with Crippen molar-refractivity contribution >= 4 is 11.9 Å².